The standard InChI is InChI=1S/C19H27NO4/c1-24-16-7-5-15(6-8-16)17(22)9-10-18(23)20-13-19(14-21)11-3-2-4-12-19/h5-8,21H,2-4,9-14H2,1H3,(H,20,23). The van der Waals surface area contributed by atoms with Gasteiger partial charge < -0.3 is 15.2 Å². The molecule has 1 saturated carbocycles. The van der Waals surface area contributed by atoms with Crippen LogP contribution in [0.4, 0.5) is 0 Å². The van der Waals surface area contributed by atoms with Crippen molar-refractivity contribution in [2.24, 2.45) is 5.41 Å². The Bertz CT molecular complexity index is 547. The Morgan fingerprint density at radius 3 is 2.38 bits per heavy atom. The number of Topliss-reactive ketones (excluding diaryl/α,β-unsaturated/α-hetero) is 1. The van der Waals surface area contributed by atoms with Crippen LogP contribution in [0.25, 0.3) is 0 Å². The molecule has 0 aromatic heterocycles. The molecule has 132 valence electrons. The molecule has 1 aromatic rings. The van der Waals surface area contributed by atoms with Crippen LogP contribution in [0.3, 0.4) is 0 Å². The molecule has 1 aromatic carbocycles. The Morgan fingerprint density at radius 1 is 1.12 bits per heavy atom. The van der Waals surface area contributed by atoms with E-state index in [0.717, 1.165) is 25.7 Å². The number of hydrogen-bond acceptors (Lipinski definition) is 4. The van der Waals surface area contributed by atoms with Crippen LogP contribution in [-0.4, -0.2) is 37.1 Å². The van der Waals surface area contributed by atoms with Crippen molar-refractivity contribution in [3.63, 3.8) is 0 Å². The summed E-state index contributed by atoms with van der Waals surface area (Å²) in [4.78, 5) is 24.1. The number of ketones is 1. The first-order valence-electron chi connectivity index (χ1n) is 8.63. The van der Waals surface area contributed by atoms with Gasteiger partial charge in [0, 0.05) is 30.4 Å². The van der Waals surface area contributed by atoms with Gasteiger partial charge in [0.1, 0.15) is 5.75 Å². The summed E-state index contributed by atoms with van der Waals surface area (Å²) in [6.45, 7) is 0.608. The molecule has 24 heavy (non-hydrogen) atoms. The highest BCUT2D eigenvalue weighted by molar-refractivity contribution is 5.98. The third-order valence-electron chi connectivity index (χ3n) is 4.90. The van der Waals surface area contributed by atoms with Crippen LogP contribution < -0.4 is 10.1 Å². The molecular formula is C19H27NO4. The summed E-state index contributed by atoms with van der Waals surface area (Å²) in [7, 11) is 1.58. The average Bonchev–Trinajstić information content (AvgIpc) is 2.65. The summed E-state index contributed by atoms with van der Waals surface area (Å²) in [6, 6.07) is 6.90. The summed E-state index contributed by atoms with van der Waals surface area (Å²) in [5.74, 6) is 0.517. The molecule has 0 bridgehead atoms. The van der Waals surface area contributed by atoms with Gasteiger partial charge in [-0.3, -0.25) is 9.59 Å². The number of carbonyl (C=O) groups is 2. The lowest BCUT2D eigenvalue weighted by Crippen LogP contribution is -2.41. The normalized spacial score (nSPS) is 16.4. The van der Waals surface area contributed by atoms with Crippen molar-refractivity contribution in [3.05, 3.63) is 29.8 Å². The third-order valence-corrected chi connectivity index (χ3v) is 4.90. The van der Waals surface area contributed by atoms with Crippen LogP contribution in [0.15, 0.2) is 24.3 Å². The highest BCUT2D eigenvalue weighted by Crippen LogP contribution is 2.35. The Labute approximate surface area is 143 Å². The van der Waals surface area contributed by atoms with Crippen LogP contribution in [0.1, 0.15) is 55.3 Å². The minimum absolute atomic E-state index is 0.0534. The molecular weight excluding hydrogens is 306 g/mol. The zero-order valence-electron chi connectivity index (χ0n) is 14.3. The van der Waals surface area contributed by atoms with Crippen LogP contribution in [-0.2, 0) is 4.79 Å². The predicted molar refractivity (Wildman–Crippen MR) is 92.2 cm³/mol. The third kappa shape index (κ3) is 5.06. The molecule has 2 rings (SSSR count). The first-order chi connectivity index (χ1) is 11.6. The number of aliphatic hydroxyl groups excluding tert-OH is 1. The van der Waals surface area contributed by atoms with Gasteiger partial charge in [-0.15, -0.1) is 0 Å². The first kappa shape index (κ1) is 18.5. The number of carbonyl (C=O) groups excluding carboxylic acids is 2. The highest BCUT2D eigenvalue weighted by atomic mass is 16.5. The molecule has 1 aliphatic carbocycles. The van der Waals surface area contributed by atoms with E-state index in [1.54, 1.807) is 31.4 Å². The van der Waals surface area contributed by atoms with Crippen LogP contribution in [0.2, 0.25) is 0 Å². The lowest BCUT2D eigenvalue weighted by atomic mass is 9.74. The smallest absolute Gasteiger partial charge is 0.220 e. The van der Waals surface area contributed by atoms with Gasteiger partial charge in [0.2, 0.25) is 5.91 Å². The zero-order chi connectivity index (χ0) is 17.4. The predicted octanol–water partition coefficient (Wildman–Crippen LogP) is 2.72. The molecule has 5 heteroatoms. The number of ether oxygens (including phenoxy) is 1. The largest absolute Gasteiger partial charge is 0.497 e. The van der Waals surface area contributed by atoms with E-state index in [4.69, 9.17) is 4.74 Å². The monoisotopic (exact) mass is 333 g/mol. The van der Waals surface area contributed by atoms with Gasteiger partial charge in [-0.05, 0) is 37.1 Å². The van der Waals surface area contributed by atoms with E-state index in [0.29, 0.717) is 17.9 Å². The fraction of sp³-hybridized carbons (Fsp3) is 0.579. The fourth-order valence-corrected chi connectivity index (χ4v) is 3.22. The van der Waals surface area contributed by atoms with Crippen molar-refractivity contribution in [2.45, 2.75) is 44.9 Å². The lowest BCUT2D eigenvalue weighted by Gasteiger charge is -2.35. The highest BCUT2D eigenvalue weighted by Gasteiger charge is 2.31. The molecule has 1 aliphatic rings. The second-order valence-electron chi connectivity index (χ2n) is 6.65. The second-order valence-corrected chi connectivity index (χ2v) is 6.65. The maximum absolute atomic E-state index is 12.1. The lowest BCUT2D eigenvalue weighted by molar-refractivity contribution is -0.121. The number of amides is 1. The second kappa shape index (κ2) is 8.83. The van der Waals surface area contributed by atoms with Crippen molar-refractivity contribution in [1.82, 2.24) is 5.32 Å². The Hall–Kier alpha value is -1.88. The van der Waals surface area contributed by atoms with E-state index in [9.17, 15) is 14.7 Å². The summed E-state index contributed by atoms with van der Waals surface area (Å²) in [5, 5.41) is 12.5. The topological polar surface area (TPSA) is 75.6 Å². The van der Waals surface area contributed by atoms with Gasteiger partial charge >= 0.3 is 0 Å². The van der Waals surface area contributed by atoms with Gasteiger partial charge in [0.05, 0.1) is 13.7 Å². The molecule has 0 radical (unpaired) electrons. The summed E-state index contributed by atoms with van der Waals surface area (Å²) >= 11 is 0. The number of rotatable bonds is 8. The maximum Gasteiger partial charge on any atom is 0.220 e. The quantitative estimate of drug-likeness (QED) is 0.717. The molecule has 0 heterocycles. The Morgan fingerprint density at radius 2 is 1.79 bits per heavy atom. The molecule has 2 N–H and O–H groups in total. The number of hydrogen-bond donors (Lipinski definition) is 2. The zero-order valence-corrected chi connectivity index (χ0v) is 14.3. The Balaban J connectivity index is 1.76. The minimum atomic E-state index is -0.173. The van der Waals surface area contributed by atoms with E-state index in [2.05, 4.69) is 5.32 Å². The molecule has 1 amide bonds. The van der Waals surface area contributed by atoms with Gasteiger partial charge in [0.25, 0.3) is 0 Å². The van der Waals surface area contributed by atoms with E-state index >= 15 is 0 Å². The minimum Gasteiger partial charge on any atom is -0.497 e. The van der Waals surface area contributed by atoms with Crippen LogP contribution in [0.5, 0.6) is 5.75 Å². The SMILES string of the molecule is COc1ccc(C(=O)CCC(=O)NCC2(CO)CCCCC2)cc1. The van der Waals surface area contributed by atoms with Gasteiger partial charge in [-0.1, -0.05) is 19.3 Å². The Kier molecular flexibility index (Phi) is 6.79. The van der Waals surface area contributed by atoms with Crippen molar-refractivity contribution in [3.8, 4) is 5.75 Å². The summed E-state index contributed by atoms with van der Waals surface area (Å²) in [5.41, 5.74) is 0.413. The van der Waals surface area contributed by atoms with E-state index < -0.39 is 0 Å². The van der Waals surface area contributed by atoms with Gasteiger partial charge in [0.15, 0.2) is 5.78 Å². The molecule has 1 fully saturated rings. The van der Waals surface area contributed by atoms with E-state index in [-0.39, 0.29) is 36.6 Å². The van der Waals surface area contributed by atoms with E-state index in [1.807, 2.05) is 0 Å². The van der Waals surface area contributed by atoms with Crippen LogP contribution >= 0.6 is 0 Å². The number of benzene rings is 1. The molecule has 0 spiro atoms. The van der Waals surface area contributed by atoms with Crippen molar-refractivity contribution < 1.29 is 19.4 Å². The van der Waals surface area contributed by atoms with Gasteiger partial charge in [-0.25, -0.2) is 0 Å². The molecule has 5 nitrogen and oxygen atoms in total. The van der Waals surface area contributed by atoms with Crippen molar-refractivity contribution in [2.75, 3.05) is 20.3 Å². The van der Waals surface area contributed by atoms with Gasteiger partial charge in [-0.2, -0.15) is 0 Å². The summed E-state index contributed by atoms with van der Waals surface area (Å²) in [6.07, 6.45) is 5.67. The number of nitrogens with one attached hydrogen (secondary N) is 1. The fourth-order valence-electron chi connectivity index (χ4n) is 3.22. The van der Waals surface area contributed by atoms with Crippen molar-refractivity contribution >= 4 is 11.7 Å². The summed E-state index contributed by atoms with van der Waals surface area (Å²) < 4.78 is 5.06. The number of aliphatic hydroxyl groups is 1. The van der Waals surface area contributed by atoms with E-state index in [1.165, 1.54) is 6.42 Å². The molecule has 0 aliphatic heterocycles. The van der Waals surface area contributed by atoms with Crippen LogP contribution in [0, 0.1) is 5.41 Å². The van der Waals surface area contributed by atoms with Crippen molar-refractivity contribution in [1.29, 1.82) is 0 Å². The maximum atomic E-state index is 12.1. The first-order valence-corrected chi connectivity index (χ1v) is 8.63. The molecule has 0 atom stereocenters. The molecule has 0 saturated heterocycles. The average molecular weight is 333 g/mol. The number of methoxy groups -OCH3 is 1. The molecule has 0 unspecified atom stereocenters.